The van der Waals surface area contributed by atoms with E-state index in [0.29, 0.717) is 36.5 Å². The molecule has 1 saturated heterocycles. The maximum absolute atomic E-state index is 13.3. The van der Waals surface area contributed by atoms with E-state index in [9.17, 15) is 19.2 Å². The van der Waals surface area contributed by atoms with Crippen LogP contribution in [0.1, 0.15) is 31.6 Å². The van der Waals surface area contributed by atoms with Crippen LogP contribution in [0, 0.1) is 0 Å². The summed E-state index contributed by atoms with van der Waals surface area (Å²) >= 11 is 0. The molecule has 36 heavy (non-hydrogen) atoms. The van der Waals surface area contributed by atoms with Gasteiger partial charge < -0.3 is 9.42 Å². The van der Waals surface area contributed by atoms with Crippen molar-refractivity contribution in [3.8, 4) is 17.2 Å². The Morgan fingerprint density at radius 1 is 1.03 bits per heavy atom. The average molecular weight is 487 g/mol. The summed E-state index contributed by atoms with van der Waals surface area (Å²) in [6.07, 6.45) is 3.09. The van der Waals surface area contributed by atoms with Gasteiger partial charge >= 0.3 is 0 Å². The lowest BCUT2D eigenvalue weighted by molar-refractivity contribution is -0.150. The third-order valence-corrected chi connectivity index (χ3v) is 6.51. The van der Waals surface area contributed by atoms with Crippen molar-refractivity contribution in [3.05, 3.63) is 59.8 Å². The molecule has 4 amide bonds. The first-order chi connectivity index (χ1) is 17.5. The van der Waals surface area contributed by atoms with Crippen molar-refractivity contribution in [2.75, 3.05) is 6.54 Å². The van der Waals surface area contributed by atoms with E-state index in [1.54, 1.807) is 21.8 Å². The molecule has 0 radical (unpaired) electrons. The molecule has 5 heterocycles. The quantitative estimate of drug-likeness (QED) is 0.520. The van der Waals surface area contributed by atoms with Crippen LogP contribution in [0.5, 0.6) is 0 Å². The largest absolute Gasteiger partial charge is 0.357 e. The topological polar surface area (TPSA) is 144 Å². The first kappa shape index (κ1) is 21.9. The lowest BCUT2D eigenvalue weighted by Gasteiger charge is -2.29. The summed E-state index contributed by atoms with van der Waals surface area (Å²) in [5, 5.41) is 10.7. The molecule has 1 aromatic carbocycles. The summed E-state index contributed by atoms with van der Waals surface area (Å²) in [5.74, 6) is -1.47. The summed E-state index contributed by atoms with van der Waals surface area (Å²) in [4.78, 5) is 57.4. The van der Waals surface area contributed by atoms with Crippen molar-refractivity contribution in [3.63, 3.8) is 0 Å². The summed E-state index contributed by atoms with van der Waals surface area (Å²) < 4.78 is 7.14. The highest BCUT2D eigenvalue weighted by Gasteiger charge is 2.48. The van der Waals surface area contributed by atoms with Crippen LogP contribution in [0.3, 0.4) is 0 Å². The van der Waals surface area contributed by atoms with Gasteiger partial charge in [-0.1, -0.05) is 23.4 Å². The minimum atomic E-state index is -0.995. The Labute approximate surface area is 204 Å². The molecule has 12 heteroatoms. The second-order valence-electron chi connectivity index (χ2n) is 8.79. The Bertz CT molecular complexity index is 1420. The van der Waals surface area contributed by atoms with E-state index in [2.05, 4.69) is 20.6 Å². The average Bonchev–Trinajstić information content (AvgIpc) is 3.60. The molecule has 1 N–H and O–H groups in total. The van der Waals surface area contributed by atoms with Gasteiger partial charge in [0.2, 0.25) is 23.5 Å². The van der Waals surface area contributed by atoms with Crippen molar-refractivity contribution in [1.29, 1.82) is 0 Å². The summed E-state index contributed by atoms with van der Waals surface area (Å²) in [6, 6.07) is 10.4. The third-order valence-electron chi connectivity index (χ3n) is 6.51. The molecule has 12 nitrogen and oxygen atoms in total. The first-order valence-corrected chi connectivity index (χ1v) is 11.6. The second-order valence-corrected chi connectivity index (χ2v) is 8.79. The molecular weight excluding hydrogens is 466 g/mol. The second kappa shape index (κ2) is 8.56. The number of rotatable bonds is 5. The molecule has 0 aliphatic carbocycles. The van der Waals surface area contributed by atoms with Gasteiger partial charge in [-0.3, -0.25) is 29.4 Å². The fourth-order valence-corrected chi connectivity index (χ4v) is 4.82. The Hall–Kier alpha value is -4.61. The minimum Gasteiger partial charge on any atom is -0.357 e. The maximum atomic E-state index is 13.3. The van der Waals surface area contributed by atoms with E-state index in [1.165, 1.54) is 0 Å². The minimum absolute atomic E-state index is 0.0760. The molecule has 1 unspecified atom stereocenters. The predicted molar refractivity (Wildman–Crippen MR) is 122 cm³/mol. The summed E-state index contributed by atoms with van der Waals surface area (Å²) in [5.41, 5.74) is 2.05. The van der Waals surface area contributed by atoms with Gasteiger partial charge in [0, 0.05) is 24.7 Å². The summed E-state index contributed by atoms with van der Waals surface area (Å²) in [7, 11) is 0. The van der Waals surface area contributed by atoms with E-state index in [4.69, 9.17) is 4.52 Å². The van der Waals surface area contributed by atoms with E-state index < -0.39 is 29.7 Å². The molecule has 0 bridgehead atoms. The molecular formula is C24H21N7O5. The molecule has 6 rings (SSSR count). The van der Waals surface area contributed by atoms with Crippen LogP contribution in [0.15, 0.2) is 58.4 Å². The number of benzene rings is 1. The van der Waals surface area contributed by atoms with Gasteiger partial charge in [-0.2, -0.15) is 10.1 Å². The van der Waals surface area contributed by atoms with Crippen molar-refractivity contribution in [2.45, 2.75) is 38.3 Å². The number of aromatic nitrogens is 4. The number of hydrogen-bond acceptors (Lipinski definition) is 9. The molecule has 1 atom stereocenters. The number of carbonyl (C=O) groups is 4. The fraction of sp³-hybridized carbons (Fsp3) is 0.292. The first-order valence-electron chi connectivity index (χ1n) is 11.6. The van der Waals surface area contributed by atoms with Crippen molar-refractivity contribution in [2.24, 2.45) is 0 Å². The Morgan fingerprint density at radius 3 is 2.67 bits per heavy atom. The molecule has 3 aliphatic rings. The molecule has 2 aromatic heterocycles. The standard InChI is InChI=1S/C24H21N7O5/c32-18-9-8-17(22(33)25-18)31-23(34)15-7-4-11-29(20(15)24(31)35)13-19-26-21(28-36-19)16-10-12-30(27-16)14-5-2-1-3-6-14/h1-3,5-6,10,12,17H,4,7-9,11,13H2,(H,25,32,33). The highest BCUT2D eigenvalue weighted by molar-refractivity contribution is 6.21. The number of carbonyl (C=O) groups excluding carboxylic acids is 4. The summed E-state index contributed by atoms with van der Waals surface area (Å²) in [6.45, 7) is 0.648. The van der Waals surface area contributed by atoms with Gasteiger partial charge in [-0.25, -0.2) is 4.68 Å². The Kier molecular flexibility index (Phi) is 5.20. The zero-order valence-corrected chi connectivity index (χ0v) is 19.1. The third kappa shape index (κ3) is 3.67. The number of nitrogens with zero attached hydrogens (tertiary/aromatic N) is 6. The van der Waals surface area contributed by atoms with E-state index >= 15 is 0 Å². The van der Waals surface area contributed by atoms with Gasteiger partial charge in [0.05, 0.1) is 12.2 Å². The van der Waals surface area contributed by atoms with Crippen LogP contribution >= 0.6 is 0 Å². The molecule has 1 fully saturated rings. The van der Waals surface area contributed by atoms with Crippen molar-refractivity contribution < 1.29 is 23.7 Å². The number of amides is 4. The maximum Gasteiger partial charge on any atom is 0.278 e. The molecule has 0 saturated carbocycles. The molecule has 0 spiro atoms. The van der Waals surface area contributed by atoms with E-state index in [-0.39, 0.29) is 31.0 Å². The zero-order valence-electron chi connectivity index (χ0n) is 19.1. The van der Waals surface area contributed by atoms with Gasteiger partial charge in [-0.05, 0) is 37.5 Å². The molecule has 182 valence electrons. The Morgan fingerprint density at radius 2 is 1.86 bits per heavy atom. The van der Waals surface area contributed by atoms with Crippen molar-refractivity contribution >= 4 is 23.6 Å². The van der Waals surface area contributed by atoms with Crippen LogP contribution in [0.25, 0.3) is 17.2 Å². The van der Waals surface area contributed by atoms with Crippen LogP contribution in [-0.2, 0) is 25.7 Å². The number of nitrogens with one attached hydrogen (secondary N) is 1. The SMILES string of the molecule is O=C1CCC(N2C(=O)C3=C(C2=O)N(Cc2nc(-c4ccn(-c5ccccc5)n4)no2)CCC3)C(=O)N1. The van der Waals surface area contributed by atoms with E-state index in [1.807, 2.05) is 30.3 Å². The number of imide groups is 2. The van der Waals surface area contributed by atoms with Crippen LogP contribution in [0.4, 0.5) is 0 Å². The molecule has 3 aliphatic heterocycles. The smallest absolute Gasteiger partial charge is 0.278 e. The monoisotopic (exact) mass is 487 g/mol. The fourth-order valence-electron chi connectivity index (χ4n) is 4.82. The van der Waals surface area contributed by atoms with Gasteiger partial charge in [0.15, 0.2) is 0 Å². The zero-order chi connectivity index (χ0) is 24.8. The van der Waals surface area contributed by atoms with Crippen LogP contribution in [-0.4, -0.2) is 65.9 Å². The number of hydrogen-bond donors (Lipinski definition) is 1. The highest BCUT2D eigenvalue weighted by Crippen LogP contribution is 2.34. The highest BCUT2D eigenvalue weighted by atomic mass is 16.5. The van der Waals surface area contributed by atoms with Crippen LogP contribution < -0.4 is 5.32 Å². The van der Waals surface area contributed by atoms with Crippen molar-refractivity contribution in [1.82, 2.24) is 35.0 Å². The van der Waals surface area contributed by atoms with E-state index in [0.717, 1.165) is 10.6 Å². The molecule has 3 aromatic rings. The number of para-hydroxylation sites is 1. The normalized spacial score (nSPS) is 20.3. The Balaban J connectivity index is 1.21. The van der Waals surface area contributed by atoms with Gasteiger partial charge in [-0.15, -0.1) is 0 Å². The van der Waals surface area contributed by atoms with Gasteiger partial charge in [0.1, 0.15) is 17.4 Å². The van der Waals surface area contributed by atoms with Gasteiger partial charge in [0.25, 0.3) is 11.8 Å². The number of piperidine rings is 1. The van der Waals surface area contributed by atoms with Crippen LogP contribution in [0.2, 0.25) is 0 Å². The lowest BCUT2D eigenvalue weighted by Crippen LogP contribution is -2.55. The predicted octanol–water partition coefficient (Wildman–Crippen LogP) is 0.946. The lowest BCUT2D eigenvalue weighted by atomic mass is 10.0.